The topological polar surface area (TPSA) is 85.3 Å². The average molecular weight is 581 g/mol. The van der Waals surface area contributed by atoms with Crippen LogP contribution in [0, 0.1) is 0 Å². The lowest BCUT2D eigenvalue weighted by molar-refractivity contribution is -0.140. The summed E-state index contributed by atoms with van der Waals surface area (Å²) in [5.41, 5.74) is 4.70. The van der Waals surface area contributed by atoms with Crippen LogP contribution < -0.4 is 4.90 Å². The predicted molar refractivity (Wildman–Crippen MR) is 165 cm³/mol. The minimum absolute atomic E-state index is 0.0204. The van der Waals surface area contributed by atoms with Gasteiger partial charge in [-0.1, -0.05) is 29.1 Å². The molecule has 3 aromatic rings. The summed E-state index contributed by atoms with van der Waals surface area (Å²) in [5, 5.41) is 3.92. The molecule has 214 valence electrons. The summed E-state index contributed by atoms with van der Waals surface area (Å²) >= 11 is 1.54. The van der Waals surface area contributed by atoms with Crippen LogP contribution in [-0.2, 0) is 14.4 Å². The van der Waals surface area contributed by atoms with Gasteiger partial charge in [-0.25, -0.2) is 4.79 Å². The van der Waals surface area contributed by atoms with Crippen molar-refractivity contribution >= 4 is 40.7 Å². The highest BCUT2D eigenvalue weighted by Gasteiger charge is 2.22. The molecule has 3 aromatic carbocycles. The maximum Gasteiger partial charge on any atom is 0.332 e. The number of hydrogen-bond acceptors (Lipinski definition) is 8. The molecule has 42 heavy (non-hydrogen) atoms. The Hall–Kier alpha value is -4.27. The van der Waals surface area contributed by atoms with Gasteiger partial charge in [-0.3, -0.25) is 9.59 Å². The number of nitrogens with zero attached hydrogens (tertiary/aromatic N) is 2. The van der Waals surface area contributed by atoms with Gasteiger partial charge in [0.15, 0.2) is 11.5 Å². The van der Waals surface area contributed by atoms with E-state index < -0.39 is 5.97 Å². The second-order valence-corrected chi connectivity index (χ2v) is 11.2. The number of carbonyl (C=O) groups excluding carboxylic acids is 3. The van der Waals surface area contributed by atoms with E-state index in [1.54, 1.807) is 12.1 Å². The zero-order valence-electron chi connectivity index (χ0n) is 23.7. The molecule has 1 heterocycles. The van der Waals surface area contributed by atoms with Crippen molar-refractivity contribution in [3.63, 3.8) is 0 Å². The number of morpholine rings is 1. The molecular formula is C34H32N2O5S. The summed E-state index contributed by atoms with van der Waals surface area (Å²) in [6.07, 6.45) is 5.45. The van der Waals surface area contributed by atoms with Gasteiger partial charge in [-0.2, -0.15) is 0 Å². The van der Waals surface area contributed by atoms with E-state index in [2.05, 4.69) is 10.1 Å². The molecule has 2 aliphatic rings. The van der Waals surface area contributed by atoms with E-state index in [1.807, 2.05) is 79.7 Å². The summed E-state index contributed by atoms with van der Waals surface area (Å²) in [4.78, 5) is 46.9. The van der Waals surface area contributed by atoms with Gasteiger partial charge in [0, 0.05) is 52.2 Å². The molecule has 1 saturated heterocycles. The molecule has 0 saturated carbocycles. The lowest BCUT2D eigenvalue weighted by Crippen LogP contribution is -2.36. The Morgan fingerprint density at radius 3 is 1.98 bits per heavy atom. The number of oxime groups is 1. The van der Waals surface area contributed by atoms with Crippen LogP contribution in [0.15, 0.2) is 111 Å². The van der Waals surface area contributed by atoms with Crippen LogP contribution in [0.4, 0.5) is 5.69 Å². The van der Waals surface area contributed by atoms with Gasteiger partial charge in [0.1, 0.15) is 0 Å². The average Bonchev–Trinajstić information content (AvgIpc) is 3.02. The SMILES string of the molecule is CC(=O)O/N=C(/C(=O)c1ccc(Sc2ccc(C(=O)c3ccc(N4CCOCC4)cc3)cc2)cc1)C1=C(C)C=CCC1. The molecule has 7 nitrogen and oxygen atoms in total. The molecule has 8 heteroatoms. The zero-order valence-corrected chi connectivity index (χ0v) is 24.5. The third-order valence-electron chi connectivity index (χ3n) is 7.15. The minimum Gasteiger partial charge on any atom is -0.378 e. The molecule has 0 N–H and O–H groups in total. The third kappa shape index (κ3) is 7.13. The Labute approximate surface area is 249 Å². The summed E-state index contributed by atoms with van der Waals surface area (Å²) in [7, 11) is 0. The molecule has 1 fully saturated rings. The molecule has 0 spiro atoms. The number of rotatable bonds is 9. The van der Waals surface area contributed by atoms with Gasteiger partial charge < -0.3 is 14.5 Å². The zero-order chi connectivity index (χ0) is 29.5. The Morgan fingerprint density at radius 1 is 0.833 bits per heavy atom. The first kappa shape index (κ1) is 29.2. The van der Waals surface area contributed by atoms with Gasteiger partial charge in [-0.05, 0) is 104 Å². The second-order valence-electron chi connectivity index (χ2n) is 10.1. The van der Waals surface area contributed by atoms with E-state index in [1.165, 1.54) is 18.7 Å². The van der Waals surface area contributed by atoms with Gasteiger partial charge in [-0.15, -0.1) is 0 Å². The number of benzene rings is 3. The van der Waals surface area contributed by atoms with E-state index in [0.717, 1.165) is 59.3 Å². The Balaban J connectivity index is 1.24. The van der Waals surface area contributed by atoms with Crippen LogP contribution in [0.5, 0.6) is 0 Å². The van der Waals surface area contributed by atoms with Crippen LogP contribution in [0.25, 0.3) is 0 Å². The first-order chi connectivity index (χ1) is 20.4. The van der Waals surface area contributed by atoms with Gasteiger partial charge in [0.25, 0.3) is 0 Å². The maximum atomic E-state index is 13.4. The molecule has 1 aliphatic heterocycles. The largest absolute Gasteiger partial charge is 0.378 e. The van der Waals surface area contributed by atoms with Crippen molar-refractivity contribution in [1.29, 1.82) is 0 Å². The van der Waals surface area contributed by atoms with Crippen molar-refractivity contribution in [3.05, 3.63) is 113 Å². The Morgan fingerprint density at radius 2 is 1.40 bits per heavy atom. The predicted octanol–water partition coefficient (Wildman–Crippen LogP) is 6.67. The number of Topliss-reactive ketones (excluding diaryl/α,β-unsaturated/α-hetero) is 1. The number of anilines is 1. The van der Waals surface area contributed by atoms with E-state index in [-0.39, 0.29) is 17.3 Å². The number of ketones is 2. The van der Waals surface area contributed by atoms with Crippen molar-refractivity contribution in [2.24, 2.45) is 5.16 Å². The molecule has 5 rings (SSSR count). The Bertz CT molecular complexity index is 1550. The van der Waals surface area contributed by atoms with Gasteiger partial charge in [0.05, 0.1) is 13.2 Å². The lowest BCUT2D eigenvalue weighted by atomic mass is 9.91. The number of ether oxygens (including phenoxy) is 1. The lowest BCUT2D eigenvalue weighted by Gasteiger charge is -2.28. The molecule has 0 radical (unpaired) electrons. The van der Waals surface area contributed by atoms with Crippen LogP contribution in [0.3, 0.4) is 0 Å². The highest BCUT2D eigenvalue weighted by atomic mass is 32.2. The van der Waals surface area contributed by atoms with Gasteiger partial charge >= 0.3 is 5.97 Å². The fourth-order valence-electron chi connectivity index (χ4n) is 4.87. The Kier molecular flexibility index (Phi) is 9.46. The molecule has 0 bridgehead atoms. The summed E-state index contributed by atoms with van der Waals surface area (Å²) in [6.45, 7) is 6.32. The van der Waals surface area contributed by atoms with Crippen LogP contribution in [0.1, 0.15) is 53.0 Å². The second kappa shape index (κ2) is 13.6. The molecular weight excluding hydrogens is 548 g/mol. The summed E-state index contributed by atoms with van der Waals surface area (Å²) < 4.78 is 5.42. The first-order valence-electron chi connectivity index (χ1n) is 13.9. The maximum absolute atomic E-state index is 13.4. The number of carbonyl (C=O) groups is 3. The molecule has 0 unspecified atom stereocenters. The highest BCUT2D eigenvalue weighted by molar-refractivity contribution is 7.99. The number of allylic oxidation sites excluding steroid dienone is 4. The van der Waals surface area contributed by atoms with E-state index in [9.17, 15) is 14.4 Å². The molecule has 1 aliphatic carbocycles. The fourth-order valence-corrected chi connectivity index (χ4v) is 5.68. The van der Waals surface area contributed by atoms with Crippen LogP contribution in [-0.4, -0.2) is 49.6 Å². The molecule has 0 aromatic heterocycles. The van der Waals surface area contributed by atoms with Crippen molar-refractivity contribution in [2.75, 3.05) is 31.2 Å². The van der Waals surface area contributed by atoms with Gasteiger partial charge in [0.2, 0.25) is 5.78 Å². The molecule has 0 atom stereocenters. The van der Waals surface area contributed by atoms with Crippen molar-refractivity contribution < 1.29 is 24.0 Å². The van der Waals surface area contributed by atoms with Crippen molar-refractivity contribution in [1.82, 2.24) is 0 Å². The fraction of sp³-hybridized carbons (Fsp3) is 0.235. The first-order valence-corrected chi connectivity index (χ1v) is 14.7. The van der Waals surface area contributed by atoms with Crippen LogP contribution in [0.2, 0.25) is 0 Å². The molecule has 0 amide bonds. The van der Waals surface area contributed by atoms with E-state index in [0.29, 0.717) is 23.1 Å². The normalized spacial score (nSPS) is 15.5. The summed E-state index contributed by atoms with van der Waals surface area (Å²) in [5.74, 6) is -0.891. The van der Waals surface area contributed by atoms with Crippen molar-refractivity contribution in [3.8, 4) is 0 Å². The van der Waals surface area contributed by atoms with Crippen molar-refractivity contribution in [2.45, 2.75) is 36.5 Å². The summed E-state index contributed by atoms with van der Waals surface area (Å²) in [6, 6.07) is 22.5. The minimum atomic E-state index is -0.578. The quantitative estimate of drug-likeness (QED) is 0.121. The monoisotopic (exact) mass is 580 g/mol. The van der Waals surface area contributed by atoms with E-state index >= 15 is 0 Å². The number of hydrogen-bond donors (Lipinski definition) is 0. The smallest absolute Gasteiger partial charge is 0.332 e. The highest BCUT2D eigenvalue weighted by Crippen LogP contribution is 2.29. The van der Waals surface area contributed by atoms with E-state index in [4.69, 9.17) is 9.57 Å². The third-order valence-corrected chi connectivity index (χ3v) is 8.16. The van der Waals surface area contributed by atoms with Crippen LogP contribution >= 0.6 is 11.8 Å². The standard InChI is InChI=1S/C34H32N2O5S/c1-23-5-3-4-6-31(23)32(35-41-24(2)37)34(39)27-11-17-30(18-12-27)42-29-15-9-26(10-16-29)33(38)25-7-13-28(14-8-25)36-19-21-40-22-20-36/h3,5,7-18H,4,6,19-22H2,1-2H3/b35-32+.